The summed E-state index contributed by atoms with van der Waals surface area (Å²) in [6.45, 7) is 2.92. The molecule has 40 heavy (non-hydrogen) atoms. The quantitative estimate of drug-likeness (QED) is 0.248. The van der Waals surface area contributed by atoms with Crippen molar-refractivity contribution in [3.8, 4) is 11.1 Å². The normalized spacial score (nSPS) is 15.0. The van der Waals surface area contributed by atoms with E-state index in [4.69, 9.17) is 18.0 Å². The third kappa shape index (κ3) is 6.19. The summed E-state index contributed by atoms with van der Waals surface area (Å²) in [5.41, 5.74) is 11.9. The van der Waals surface area contributed by atoms with E-state index in [0.717, 1.165) is 51.7 Å². The number of aromatic amines is 1. The van der Waals surface area contributed by atoms with Crippen LogP contribution in [0.1, 0.15) is 55.5 Å². The number of ketones is 1. The highest BCUT2D eigenvalue weighted by molar-refractivity contribution is 7.89. The molecule has 1 aliphatic rings. The summed E-state index contributed by atoms with van der Waals surface area (Å²) in [6, 6.07) is 14.5. The predicted molar refractivity (Wildman–Crippen MR) is 163 cm³/mol. The second-order valence-electron chi connectivity index (χ2n) is 10.5. The Bertz CT molecular complexity index is 1620. The average Bonchev–Trinajstić information content (AvgIpc) is 3.60. The number of nitrogens with zero attached hydrogens (tertiary/aromatic N) is 3. The first kappa shape index (κ1) is 28.2. The van der Waals surface area contributed by atoms with E-state index in [9.17, 15) is 13.2 Å². The lowest BCUT2D eigenvalue weighted by molar-refractivity contribution is -0.118. The number of nitrogens with two attached hydrogens (primary N) is 1. The van der Waals surface area contributed by atoms with Crippen molar-refractivity contribution in [2.45, 2.75) is 51.5 Å². The van der Waals surface area contributed by atoms with Crippen LogP contribution in [-0.4, -0.2) is 56.9 Å². The van der Waals surface area contributed by atoms with Gasteiger partial charge in [-0.05, 0) is 48.9 Å². The lowest BCUT2D eigenvalue weighted by Gasteiger charge is -2.32. The number of imidazole rings is 1. The highest BCUT2D eigenvalue weighted by atomic mass is 32.2. The Morgan fingerprint density at radius 3 is 2.67 bits per heavy atom. The number of aryl methyl sites for hydroxylation is 1. The first-order valence-electron chi connectivity index (χ1n) is 13.8. The summed E-state index contributed by atoms with van der Waals surface area (Å²) in [7, 11) is -3.21. The highest BCUT2D eigenvalue weighted by Crippen LogP contribution is 2.37. The van der Waals surface area contributed by atoms with Crippen molar-refractivity contribution in [3.63, 3.8) is 0 Å². The summed E-state index contributed by atoms with van der Waals surface area (Å²) in [5.74, 6) is 0.353. The third-order valence-corrected chi connectivity index (χ3v) is 9.98. The Labute approximate surface area is 240 Å². The van der Waals surface area contributed by atoms with Crippen molar-refractivity contribution in [1.82, 2.24) is 18.8 Å². The van der Waals surface area contributed by atoms with Crippen molar-refractivity contribution in [2.75, 3.05) is 18.8 Å². The maximum atomic E-state index is 12.7. The smallest absolute Gasteiger partial charge is 0.214 e. The molecule has 0 unspecified atom stereocenters. The molecule has 10 heteroatoms. The topological polar surface area (TPSA) is 114 Å². The molecule has 1 aliphatic heterocycles. The van der Waals surface area contributed by atoms with E-state index < -0.39 is 10.0 Å². The predicted octanol–water partition coefficient (Wildman–Crippen LogP) is 4.79. The van der Waals surface area contributed by atoms with Crippen molar-refractivity contribution in [1.29, 1.82) is 0 Å². The summed E-state index contributed by atoms with van der Waals surface area (Å²) in [6.07, 6.45) is 8.99. The van der Waals surface area contributed by atoms with Gasteiger partial charge >= 0.3 is 0 Å². The van der Waals surface area contributed by atoms with Gasteiger partial charge in [0.1, 0.15) is 10.8 Å². The van der Waals surface area contributed by atoms with Gasteiger partial charge in [-0.3, -0.25) is 4.79 Å². The Hall–Kier alpha value is -3.34. The molecular weight excluding hydrogens is 542 g/mol. The molecule has 0 spiro atoms. The van der Waals surface area contributed by atoms with E-state index in [-0.39, 0.29) is 17.6 Å². The number of carbonyl (C=O) groups is 1. The van der Waals surface area contributed by atoms with Crippen LogP contribution in [0.25, 0.3) is 22.0 Å². The number of sulfonamides is 1. The molecule has 1 saturated heterocycles. The van der Waals surface area contributed by atoms with Gasteiger partial charge in [0.05, 0.1) is 12.1 Å². The molecule has 1 fully saturated rings. The van der Waals surface area contributed by atoms with Crippen molar-refractivity contribution >= 4 is 43.9 Å². The number of aromatic nitrogens is 3. The van der Waals surface area contributed by atoms with E-state index in [1.807, 2.05) is 25.1 Å². The molecule has 2 aromatic heterocycles. The van der Waals surface area contributed by atoms with Gasteiger partial charge in [-0.2, -0.15) is 0 Å². The molecule has 4 aromatic rings. The first-order chi connectivity index (χ1) is 19.2. The molecule has 3 heterocycles. The summed E-state index contributed by atoms with van der Waals surface area (Å²) >= 11 is 5.22. The SMILES string of the molecule is CCCS(=O)(=O)N1CCC(n2cc(-c3cccc(C(N)=S)c3)c3ccc(CCC(=O)Cc4cnc[nH]4)cc32)CC1. The number of H-pyrrole nitrogens is 1. The Morgan fingerprint density at radius 2 is 1.98 bits per heavy atom. The highest BCUT2D eigenvalue weighted by Gasteiger charge is 2.29. The minimum absolute atomic E-state index is 0.163. The molecule has 2 aromatic carbocycles. The summed E-state index contributed by atoms with van der Waals surface area (Å²) < 4.78 is 29.3. The molecule has 210 valence electrons. The minimum atomic E-state index is -3.21. The standard InChI is InChI=1S/C30H35N5O3S2/c1-2-14-40(37,38)34-12-10-25(11-13-34)35-19-28(22-4-3-5-23(16-22)30(31)39)27-9-7-21(15-29(27)35)6-8-26(36)17-24-18-32-20-33-24/h3-5,7,9,15-16,18-20,25H,2,6,8,10-14,17H2,1H3,(H2,31,39)(H,32,33). The first-order valence-corrected chi connectivity index (χ1v) is 15.8. The fourth-order valence-electron chi connectivity index (χ4n) is 5.58. The molecule has 3 N–H and O–H groups in total. The van der Waals surface area contributed by atoms with E-state index in [1.165, 1.54) is 0 Å². The maximum absolute atomic E-state index is 12.7. The molecule has 0 amide bonds. The molecule has 0 saturated carbocycles. The van der Waals surface area contributed by atoms with Gasteiger partial charge in [0.15, 0.2) is 0 Å². The zero-order valence-corrected chi connectivity index (χ0v) is 24.3. The van der Waals surface area contributed by atoms with Crippen LogP contribution in [0.4, 0.5) is 0 Å². The fourth-order valence-corrected chi connectivity index (χ4v) is 7.24. The molecule has 0 aliphatic carbocycles. The molecule has 8 nitrogen and oxygen atoms in total. The van der Waals surface area contributed by atoms with Gasteiger partial charge in [-0.25, -0.2) is 17.7 Å². The fraction of sp³-hybridized carbons (Fsp3) is 0.367. The number of fused-ring (bicyclic) bond motifs is 1. The van der Waals surface area contributed by atoms with Gasteiger partial charge in [0, 0.05) is 72.1 Å². The average molecular weight is 578 g/mol. The Kier molecular flexibility index (Phi) is 8.48. The van der Waals surface area contributed by atoms with Crippen LogP contribution < -0.4 is 5.73 Å². The van der Waals surface area contributed by atoms with E-state index in [1.54, 1.807) is 16.8 Å². The van der Waals surface area contributed by atoms with Crippen LogP contribution in [-0.2, 0) is 27.7 Å². The molecule has 5 rings (SSSR count). The number of nitrogens with one attached hydrogen (secondary N) is 1. The molecular formula is C30H35N5O3S2. The van der Waals surface area contributed by atoms with Crippen LogP contribution in [0.3, 0.4) is 0 Å². The number of rotatable bonds is 11. The minimum Gasteiger partial charge on any atom is -0.389 e. The summed E-state index contributed by atoms with van der Waals surface area (Å²) in [4.78, 5) is 19.9. The van der Waals surface area contributed by atoms with Crippen molar-refractivity contribution in [3.05, 3.63) is 78.0 Å². The number of benzene rings is 2. The largest absolute Gasteiger partial charge is 0.389 e. The van der Waals surface area contributed by atoms with E-state index in [2.05, 4.69) is 45.0 Å². The zero-order valence-electron chi connectivity index (χ0n) is 22.7. The maximum Gasteiger partial charge on any atom is 0.214 e. The van der Waals surface area contributed by atoms with Crippen LogP contribution in [0.15, 0.2) is 61.2 Å². The van der Waals surface area contributed by atoms with Crippen LogP contribution >= 0.6 is 12.2 Å². The molecule has 0 bridgehead atoms. The van der Waals surface area contributed by atoms with E-state index >= 15 is 0 Å². The van der Waals surface area contributed by atoms with Crippen LogP contribution in [0, 0.1) is 0 Å². The van der Waals surface area contributed by atoms with Gasteiger partial charge in [-0.15, -0.1) is 0 Å². The number of hydrogen-bond acceptors (Lipinski definition) is 5. The Balaban J connectivity index is 1.45. The monoisotopic (exact) mass is 577 g/mol. The Morgan fingerprint density at radius 1 is 1.18 bits per heavy atom. The number of thiocarbonyl (C=S) groups is 1. The van der Waals surface area contributed by atoms with Crippen molar-refractivity contribution in [2.24, 2.45) is 5.73 Å². The van der Waals surface area contributed by atoms with Crippen LogP contribution in [0.5, 0.6) is 0 Å². The van der Waals surface area contributed by atoms with Gasteiger partial charge in [0.2, 0.25) is 10.0 Å². The number of piperidine rings is 1. The second-order valence-corrected chi connectivity index (χ2v) is 13.0. The number of carbonyl (C=O) groups excluding carboxylic acids is 1. The van der Waals surface area contributed by atoms with Gasteiger partial charge in [0.25, 0.3) is 0 Å². The zero-order chi connectivity index (χ0) is 28.3. The van der Waals surface area contributed by atoms with Gasteiger partial charge in [-0.1, -0.05) is 49.5 Å². The third-order valence-electron chi connectivity index (χ3n) is 7.66. The van der Waals surface area contributed by atoms with E-state index in [0.29, 0.717) is 43.8 Å². The lowest BCUT2D eigenvalue weighted by Crippen LogP contribution is -2.40. The molecule has 0 radical (unpaired) electrons. The lowest BCUT2D eigenvalue weighted by atomic mass is 10.00. The number of hydrogen-bond donors (Lipinski definition) is 2. The van der Waals surface area contributed by atoms with Gasteiger partial charge < -0.3 is 15.3 Å². The second kappa shape index (κ2) is 12.0. The summed E-state index contributed by atoms with van der Waals surface area (Å²) in [5, 5.41) is 1.11. The van der Waals surface area contributed by atoms with Crippen LogP contribution in [0.2, 0.25) is 0 Å². The van der Waals surface area contributed by atoms with Crippen molar-refractivity contribution < 1.29 is 13.2 Å². The molecule has 0 atom stereocenters. The number of Topliss-reactive ketones (excluding diaryl/α,β-unsaturated/α-hetero) is 1.